The van der Waals surface area contributed by atoms with Gasteiger partial charge in [-0.3, -0.25) is 15.3 Å². The van der Waals surface area contributed by atoms with Crippen molar-refractivity contribution in [2.75, 3.05) is 26.3 Å². The smallest absolute Gasteiger partial charge is 0.219 e. The van der Waals surface area contributed by atoms with E-state index in [2.05, 4.69) is 15.5 Å². The van der Waals surface area contributed by atoms with Gasteiger partial charge in [-0.05, 0) is 18.9 Å². The van der Waals surface area contributed by atoms with Crippen LogP contribution in [0.1, 0.15) is 31.7 Å². The zero-order valence-corrected chi connectivity index (χ0v) is 15.5. The van der Waals surface area contributed by atoms with Gasteiger partial charge >= 0.3 is 0 Å². The molecule has 3 N–H and O–H groups in total. The maximum Gasteiger partial charge on any atom is 0.219 e. The van der Waals surface area contributed by atoms with Crippen LogP contribution >= 0.6 is 0 Å². The second kappa shape index (κ2) is 7.52. The zero-order valence-electron chi connectivity index (χ0n) is 15.5. The van der Waals surface area contributed by atoms with Gasteiger partial charge in [-0.15, -0.1) is 0 Å². The van der Waals surface area contributed by atoms with E-state index in [4.69, 9.17) is 10.1 Å². The Kier molecular flexibility index (Phi) is 4.94. The highest BCUT2D eigenvalue weighted by Crippen LogP contribution is 2.25. The predicted octanol–water partition coefficient (Wildman–Crippen LogP) is 2.21. The maximum absolute atomic E-state index is 12.0. The van der Waals surface area contributed by atoms with E-state index in [1.165, 1.54) is 0 Å². The topological polar surface area (TPSA) is 94.1 Å². The van der Waals surface area contributed by atoms with Crippen LogP contribution in [0.3, 0.4) is 0 Å². The standard InChI is InChI=1S/C20H25N5O2/c1-13(26)25-8-5-18(23-14-6-9-27-10-7-14)17(12-25)20(21)15-3-2-4-19-16(15)11-22-24-19/h2-4,11,14,21,23H,5-10,12H2,1H3,(H,22,24). The largest absolute Gasteiger partial charge is 0.385 e. The van der Waals surface area contributed by atoms with E-state index in [9.17, 15) is 4.79 Å². The van der Waals surface area contributed by atoms with E-state index >= 15 is 0 Å². The van der Waals surface area contributed by atoms with Crippen molar-refractivity contribution in [1.29, 1.82) is 5.41 Å². The van der Waals surface area contributed by atoms with Crippen LogP contribution < -0.4 is 5.32 Å². The molecule has 0 saturated carbocycles. The van der Waals surface area contributed by atoms with Gasteiger partial charge in [-0.25, -0.2) is 0 Å². The number of nitrogens with one attached hydrogen (secondary N) is 3. The molecule has 1 aromatic carbocycles. The Morgan fingerprint density at radius 3 is 2.96 bits per heavy atom. The minimum atomic E-state index is 0.0481. The minimum Gasteiger partial charge on any atom is -0.385 e. The number of hydrogen-bond donors (Lipinski definition) is 3. The predicted molar refractivity (Wildman–Crippen MR) is 104 cm³/mol. The monoisotopic (exact) mass is 367 g/mol. The number of aromatic amines is 1. The number of carbonyl (C=O) groups excluding carboxylic acids is 1. The highest BCUT2D eigenvalue weighted by molar-refractivity contribution is 6.18. The Morgan fingerprint density at radius 1 is 1.37 bits per heavy atom. The fourth-order valence-corrected chi connectivity index (χ4v) is 3.86. The first-order chi connectivity index (χ1) is 13.1. The van der Waals surface area contributed by atoms with Crippen LogP contribution in [0.4, 0.5) is 0 Å². The number of aromatic nitrogens is 2. The number of fused-ring (bicyclic) bond motifs is 1. The molecule has 142 valence electrons. The number of carbonyl (C=O) groups is 1. The number of rotatable bonds is 4. The van der Waals surface area contributed by atoms with Crippen LogP contribution in [0, 0.1) is 5.41 Å². The van der Waals surface area contributed by atoms with Gasteiger partial charge in [-0.1, -0.05) is 12.1 Å². The summed E-state index contributed by atoms with van der Waals surface area (Å²) < 4.78 is 5.46. The Balaban J connectivity index is 1.69. The fourth-order valence-electron chi connectivity index (χ4n) is 3.86. The van der Waals surface area contributed by atoms with E-state index in [1.54, 1.807) is 13.1 Å². The second-order valence-electron chi connectivity index (χ2n) is 7.19. The molecule has 1 fully saturated rings. The van der Waals surface area contributed by atoms with E-state index in [0.29, 0.717) is 24.8 Å². The molecule has 3 heterocycles. The average Bonchev–Trinajstić information content (AvgIpc) is 3.17. The number of amides is 1. The molecule has 7 nitrogen and oxygen atoms in total. The summed E-state index contributed by atoms with van der Waals surface area (Å²) in [5, 5.41) is 20.6. The summed E-state index contributed by atoms with van der Waals surface area (Å²) in [5.41, 5.74) is 4.20. The molecule has 1 saturated heterocycles. The summed E-state index contributed by atoms with van der Waals surface area (Å²) in [6.07, 6.45) is 4.45. The number of ether oxygens (including phenoxy) is 1. The van der Waals surface area contributed by atoms with Crippen molar-refractivity contribution < 1.29 is 9.53 Å². The molecule has 1 amide bonds. The summed E-state index contributed by atoms with van der Waals surface area (Å²) in [6, 6.07) is 6.20. The SMILES string of the molecule is CC(=O)N1CCC(NC2CCOCC2)=C(C(=N)c2cccc3[nH]ncc23)C1. The molecule has 0 aliphatic carbocycles. The van der Waals surface area contributed by atoms with Crippen molar-refractivity contribution >= 4 is 22.5 Å². The molecule has 27 heavy (non-hydrogen) atoms. The number of benzene rings is 1. The van der Waals surface area contributed by atoms with Crippen molar-refractivity contribution in [3.05, 3.63) is 41.2 Å². The van der Waals surface area contributed by atoms with Gasteiger partial charge in [0.2, 0.25) is 5.91 Å². The van der Waals surface area contributed by atoms with Crippen molar-refractivity contribution in [1.82, 2.24) is 20.4 Å². The van der Waals surface area contributed by atoms with Gasteiger partial charge in [0.15, 0.2) is 0 Å². The van der Waals surface area contributed by atoms with E-state index < -0.39 is 0 Å². The molecule has 4 rings (SSSR count). The molecule has 1 aromatic heterocycles. The van der Waals surface area contributed by atoms with Crippen molar-refractivity contribution in [3.63, 3.8) is 0 Å². The van der Waals surface area contributed by atoms with Crippen LogP contribution in [-0.4, -0.2) is 59.1 Å². The molecule has 2 aliphatic rings. The third-order valence-corrected chi connectivity index (χ3v) is 5.45. The van der Waals surface area contributed by atoms with Crippen LogP contribution in [-0.2, 0) is 9.53 Å². The molecule has 0 spiro atoms. The third kappa shape index (κ3) is 3.60. The fraction of sp³-hybridized carbons (Fsp3) is 0.450. The molecule has 2 aromatic rings. The Labute approximate surface area is 158 Å². The summed E-state index contributed by atoms with van der Waals surface area (Å²) in [7, 11) is 0. The highest BCUT2D eigenvalue weighted by Gasteiger charge is 2.26. The first-order valence-corrected chi connectivity index (χ1v) is 9.46. The van der Waals surface area contributed by atoms with Gasteiger partial charge in [0.05, 0.1) is 17.4 Å². The Morgan fingerprint density at radius 2 is 2.19 bits per heavy atom. The van der Waals surface area contributed by atoms with Gasteiger partial charge in [0.25, 0.3) is 0 Å². The lowest BCUT2D eigenvalue weighted by Crippen LogP contribution is -2.43. The van der Waals surface area contributed by atoms with E-state index in [1.807, 2.05) is 23.1 Å². The van der Waals surface area contributed by atoms with Crippen molar-refractivity contribution in [3.8, 4) is 0 Å². The van der Waals surface area contributed by atoms with Crippen LogP contribution in [0.2, 0.25) is 0 Å². The molecular weight excluding hydrogens is 342 g/mol. The van der Waals surface area contributed by atoms with Crippen LogP contribution in [0.5, 0.6) is 0 Å². The number of hydrogen-bond acceptors (Lipinski definition) is 5. The number of nitrogens with zero attached hydrogens (tertiary/aromatic N) is 2. The van der Waals surface area contributed by atoms with Gasteiger partial charge in [-0.2, -0.15) is 5.10 Å². The van der Waals surface area contributed by atoms with Crippen LogP contribution in [0.25, 0.3) is 10.9 Å². The minimum absolute atomic E-state index is 0.0481. The summed E-state index contributed by atoms with van der Waals surface area (Å²) in [4.78, 5) is 13.8. The molecule has 0 unspecified atom stereocenters. The van der Waals surface area contributed by atoms with Crippen molar-refractivity contribution in [2.24, 2.45) is 0 Å². The summed E-state index contributed by atoms with van der Waals surface area (Å²) in [5.74, 6) is 0.0481. The maximum atomic E-state index is 12.0. The molecule has 7 heteroatoms. The lowest BCUT2D eigenvalue weighted by atomic mass is 9.93. The average molecular weight is 367 g/mol. The molecule has 0 bridgehead atoms. The van der Waals surface area contributed by atoms with Gasteiger partial charge in [0.1, 0.15) is 0 Å². The molecular formula is C20H25N5O2. The zero-order chi connectivity index (χ0) is 18.8. The van der Waals surface area contributed by atoms with Gasteiger partial charge < -0.3 is 15.0 Å². The normalized spacial score (nSPS) is 18.8. The molecule has 0 radical (unpaired) electrons. The van der Waals surface area contributed by atoms with Crippen molar-refractivity contribution in [2.45, 2.75) is 32.2 Å². The quantitative estimate of drug-likeness (QED) is 0.722. The Bertz CT molecular complexity index is 895. The van der Waals surface area contributed by atoms with E-state index in [0.717, 1.165) is 60.2 Å². The lowest BCUT2D eigenvalue weighted by Gasteiger charge is -2.34. The number of H-pyrrole nitrogens is 1. The summed E-state index contributed by atoms with van der Waals surface area (Å²) in [6.45, 7) is 4.29. The third-order valence-electron chi connectivity index (χ3n) is 5.45. The highest BCUT2D eigenvalue weighted by atomic mass is 16.5. The van der Waals surface area contributed by atoms with Crippen LogP contribution in [0.15, 0.2) is 35.7 Å². The van der Waals surface area contributed by atoms with E-state index in [-0.39, 0.29) is 5.91 Å². The summed E-state index contributed by atoms with van der Waals surface area (Å²) >= 11 is 0. The first-order valence-electron chi connectivity index (χ1n) is 9.46. The molecule has 2 aliphatic heterocycles. The van der Waals surface area contributed by atoms with Gasteiger partial charge in [0, 0.05) is 67.9 Å². The lowest BCUT2D eigenvalue weighted by molar-refractivity contribution is -0.128. The first kappa shape index (κ1) is 17.7. The molecule has 0 atom stereocenters. The second-order valence-corrected chi connectivity index (χ2v) is 7.19. The Hall–Kier alpha value is -2.67.